The van der Waals surface area contributed by atoms with Crippen molar-refractivity contribution in [2.45, 2.75) is 13.5 Å². The van der Waals surface area contributed by atoms with Gasteiger partial charge in [0.05, 0.1) is 29.6 Å². The largest absolute Gasteiger partial charge is 0.492 e. The van der Waals surface area contributed by atoms with E-state index < -0.39 is 5.91 Å². The van der Waals surface area contributed by atoms with Crippen molar-refractivity contribution in [1.82, 2.24) is 4.90 Å². The standard InChI is InChI=1S/C20H16BrCl2NO4S/c1-3-28-16-8-11(7-13(21)18(16)27-2)9-17-19(25)24(20(26)29-17)10-12-14(22)5-4-6-15(12)23/h4-9H,3,10H2,1-2H3/b17-9+. The Kier molecular flexibility index (Phi) is 7.16. The molecule has 0 N–H and O–H groups in total. The molecular formula is C20H16BrCl2NO4S. The minimum absolute atomic E-state index is 0.0109. The van der Waals surface area contributed by atoms with Crippen LogP contribution in [-0.2, 0) is 11.3 Å². The zero-order chi connectivity index (χ0) is 21.1. The Morgan fingerprint density at radius 3 is 2.52 bits per heavy atom. The molecule has 0 atom stereocenters. The van der Waals surface area contributed by atoms with Crippen molar-refractivity contribution in [2.75, 3.05) is 13.7 Å². The predicted octanol–water partition coefficient (Wildman–Crippen LogP) is 6.40. The normalized spacial score (nSPS) is 15.3. The molecule has 29 heavy (non-hydrogen) atoms. The molecule has 1 aliphatic rings. The number of thioether (sulfide) groups is 1. The van der Waals surface area contributed by atoms with Crippen LogP contribution in [0.25, 0.3) is 6.08 Å². The van der Waals surface area contributed by atoms with Crippen LogP contribution in [0.5, 0.6) is 11.5 Å². The molecule has 0 radical (unpaired) electrons. The number of ether oxygens (including phenoxy) is 2. The summed E-state index contributed by atoms with van der Waals surface area (Å²) in [4.78, 5) is 26.7. The van der Waals surface area contributed by atoms with Gasteiger partial charge in [0.15, 0.2) is 11.5 Å². The lowest BCUT2D eigenvalue weighted by molar-refractivity contribution is -0.123. The van der Waals surface area contributed by atoms with Gasteiger partial charge in [0, 0.05) is 15.6 Å². The van der Waals surface area contributed by atoms with Gasteiger partial charge in [-0.2, -0.15) is 0 Å². The summed E-state index contributed by atoms with van der Waals surface area (Å²) in [6, 6.07) is 8.59. The van der Waals surface area contributed by atoms with Crippen LogP contribution in [0.2, 0.25) is 10.0 Å². The zero-order valence-corrected chi connectivity index (χ0v) is 19.4. The van der Waals surface area contributed by atoms with Gasteiger partial charge in [-0.05, 0) is 70.5 Å². The molecule has 0 saturated carbocycles. The molecule has 1 saturated heterocycles. The molecule has 5 nitrogen and oxygen atoms in total. The van der Waals surface area contributed by atoms with Gasteiger partial charge in [-0.25, -0.2) is 0 Å². The third-order valence-electron chi connectivity index (χ3n) is 4.09. The first-order valence-corrected chi connectivity index (χ1v) is 10.9. The molecule has 0 aliphatic carbocycles. The summed E-state index contributed by atoms with van der Waals surface area (Å²) in [5.74, 6) is 0.698. The second-order valence-electron chi connectivity index (χ2n) is 5.94. The fourth-order valence-electron chi connectivity index (χ4n) is 2.76. The van der Waals surface area contributed by atoms with Gasteiger partial charge < -0.3 is 9.47 Å². The second-order valence-corrected chi connectivity index (χ2v) is 8.60. The highest BCUT2D eigenvalue weighted by atomic mass is 79.9. The van der Waals surface area contributed by atoms with Crippen molar-refractivity contribution in [3.8, 4) is 11.5 Å². The maximum Gasteiger partial charge on any atom is 0.293 e. The van der Waals surface area contributed by atoms with Crippen LogP contribution < -0.4 is 9.47 Å². The zero-order valence-electron chi connectivity index (χ0n) is 15.5. The van der Waals surface area contributed by atoms with Crippen LogP contribution >= 0.6 is 50.9 Å². The predicted molar refractivity (Wildman–Crippen MR) is 120 cm³/mol. The van der Waals surface area contributed by atoms with Crippen LogP contribution in [0, 0.1) is 0 Å². The van der Waals surface area contributed by atoms with E-state index in [1.165, 1.54) is 0 Å². The number of carbonyl (C=O) groups is 2. The molecule has 9 heteroatoms. The molecule has 2 aromatic carbocycles. The molecule has 1 fully saturated rings. The van der Waals surface area contributed by atoms with Crippen molar-refractivity contribution in [3.05, 3.63) is 60.9 Å². The van der Waals surface area contributed by atoms with Crippen LogP contribution in [0.3, 0.4) is 0 Å². The Bertz CT molecular complexity index is 992. The minimum Gasteiger partial charge on any atom is -0.492 e. The second kappa shape index (κ2) is 9.43. The van der Waals surface area contributed by atoms with Crippen LogP contribution in [0.15, 0.2) is 39.7 Å². The number of halogens is 3. The fraction of sp³-hybridized carbons (Fsp3) is 0.200. The van der Waals surface area contributed by atoms with Gasteiger partial charge in [-0.3, -0.25) is 14.5 Å². The number of carbonyl (C=O) groups excluding carboxylic acids is 2. The lowest BCUT2D eigenvalue weighted by Gasteiger charge is -2.15. The van der Waals surface area contributed by atoms with Crippen molar-refractivity contribution >= 4 is 68.1 Å². The number of imide groups is 1. The maximum atomic E-state index is 12.8. The lowest BCUT2D eigenvalue weighted by atomic mass is 10.1. The van der Waals surface area contributed by atoms with E-state index in [1.807, 2.05) is 6.92 Å². The van der Waals surface area contributed by atoms with Crippen LogP contribution in [0.1, 0.15) is 18.1 Å². The maximum absolute atomic E-state index is 12.8. The van der Waals surface area contributed by atoms with E-state index >= 15 is 0 Å². The monoisotopic (exact) mass is 515 g/mol. The summed E-state index contributed by atoms with van der Waals surface area (Å²) in [6.07, 6.45) is 1.64. The fourth-order valence-corrected chi connectivity index (χ4v) is 4.74. The van der Waals surface area contributed by atoms with Crippen molar-refractivity contribution in [3.63, 3.8) is 0 Å². The molecule has 0 unspecified atom stereocenters. The Hall–Kier alpha value is -1.67. The average Bonchev–Trinajstić information content (AvgIpc) is 2.92. The van der Waals surface area contributed by atoms with E-state index in [2.05, 4.69) is 15.9 Å². The van der Waals surface area contributed by atoms with Crippen LogP contribution in [0.4, 0.5) is 4.79 Å². The first-order chi connectivity index (χ1) is 13.8. The van der Waals surface area contributed by atoms with Gasteiger partial charge in [0.1, 0.15) is 0 Å². The average molecular weight is 517 g/mol. The van der Waals surface area contributed by atoms with E-state index in [0.29, 0.717) is 48.7 Å². The number of amides is 2. The van der Waals surface area contributed by atoms with Crippen LogP contribution in [-0.4, -0.2) is 29.8 Å². The Labute approximate surface area is 191 Å². The van der Waals surface area contributed by atoms with Crippen molar-refractivity contribution < 1.29 is 19.1 Å². The highest BCUT2D eigenvalue weighted by Crippen LogP contribution is 2.39. The number of methoxy groups -OCH3 is 1. The van der Waals surface area contributed by atoms with E-state index in [-0.39, 0.29) is 11.8 Å². The molecule has 152 valence electrons. The molecule has 2 amide bonds. The van der Waals surface area contributed by atoms with Crippen molar-refractivity contribution in [1.29, 1.82) is 0 Å². The summed E-state index contributed by atoms with van der Waals surface area (Å²) in [5.41, 5.74) is 1.23. The highest BCUT2D eigenvalue weighted by Gasteiger charge is 2.35. The van der Waals surface area contributed by atoms with Gasteiger partial charge in [0.25, 0.3) is 11.1 Å². The Morgan fingerprint density at radius 2 is 1.90 bits per heavy atom. The number of hydrogen-bond donors (Lipinski definition) is 0. The highest BCUT2D eigenvalue weighted by molar-refractivity contribution is 9.10. The molecule has 2 aromatic rings. The summed E-state index contributed by atoms with van der Waals surface area (Å²) in [5, 5.41) is 0.428. The third-order valence-corrected chi connectivity index (χ3v) is 6.29. The quantitative estimate of drug-likeness (QED) is 0.416. The van der Waals surface area contributed by atoms with E-state index in [1.54, 1.807) is 43.5 Å². The molecule has 1 aliphatic heterocycles. The lowest BCUT2D eigenvalue weighted by Crippen LogP contribution is -2.27. The Morgan fingerprint density at radius 1 is 1.21 bits per heavy atom. The van der Waals surface area contributed by atoms with Gasteiger partial charge in [0.2, 0.25) is 0 Å². The van der Waals surface area contributed by atoms with Gasteiger partial charge in [-0.15, -0.1) is 0 Å². The topological polar surface area (TPSA) is 55.8 Å². The summed E-state index contributed by atoms with van der Waals surface area (Å²) in [7, 11) is 1.55. The molecular weight excluding hydrogens is 501 g/mol. The summed E-state index contributed by atoms with van der Waals surface area (Å²) >= 11 is 16.7. The molecule has 1 heterocycles. The SMILES string of the molecule is CCOc1cc(/C=C2/SC(=O)N(Cc3c(Cl)cccc3Cl)C2=O)cc(Br)c1OC. The summed E-state index contributed by atoms with van der Waals surface area (Å²) in [6.45, 7) is 2.34. The molecule has 0 aromatic heterocycles. The molecule has 0 bridgehead atoms. The van der Waals surface area contributed by atoms with Gasteiger partial charge in [-0.1, -0.05) is 29.3 Å². The number of benzene rings is 2. The number of rotatable bonds is 6. The summed E-state index contributed by atoms with van der Waals surface area (Å²) < 4.78 is 11.6. The van der Waals surface area contributed by atoms with E-state index in [0.717, 1.165) is 16.7 Å². The first kappa shape index (κ1) is 22.0. The minimum atomic E-state index is -0.402. The number of nitrogens with zero attached hydrogens (tertiary/aromatic N) is 1. The smallest absolute Gasteiger partial charge is 0.293 e. The van der Waals surface area contributed by atoms with Gasteiger partial charge >= 0.3 is 0 Å². The first-order valence-electron chi connectivity index (χ1n) is 8.54. The molecule has 3 rings (SSSR count). The third kappa shape index (κ3) is 4.74. The molecule has 0 spiro atoms. The number of hydrogen-bond acceptors (Lipinski definition) is 5. The van der Waals surface area contributed by atoms with E-state index in [4.69, 9.17) is 32.7 Å². The van der Waals surface area contributed by atoms with Crippen molar-refractivity contribution in [2.24, 2.45) is 0 Å². The Balaban J connectivity index is 1.90. The van der Waals surface area contributed by atoms with E-state index in [9.17, 15) is 9.59 Å².